The zero-order chi connectivity index (χ0) is 32.2. The highest BCUT2D eigenvalue weighted by Gasteiger charge is 2.31. The number of likely N-dealkylation sites (N-methyl/N-ethyl adjacent to an activating group) is 1. The molecule has 0 radical (unpaired) electrons. The molecule has 4 amide bonds. The number of fused-ring (bicyclic) bond motifs is 1. The monoisotopic (exact) mass is 610 g/mol. The SMILES string of the molecule is CC(C)NC(=O)Nc1ccc2c(c1)C(=O)N([C@@H](C)CO)C[C@@H](C)[C@H](CN(C)C(=O)Cc1ccccc1)OCCCC[C@H](C)O2. The number of ether oxygens (including phenoxy) is 2. The van der Waals surface area contributed by atoms with Gasteiger partial charge >= 0.3 is 6.03 Å². The Morgan fingerprint density at radius 3 is 2.50 bits per heavy atom. The van der Waals surface area contributed by atoms with E-state index in [1.165, 1.54) is 0 Å². The summed E-state index contributed by atoms with van der Waals surface area (Å²) in [5.74, 6) is -0.0668. The van der Waals surface area contributed by atoms with Gasteiger partial charge in [0.2, 0.25) is 5.91 Å². The van der Waals surface area contributed by atoms with Gasteiger partial charge < -0.3 is 35.0 Å². The maximum Gasteiger partial charge on any atom is 0.319 e. The molecular weight excluding hydrogens is 560 g/mol. The lowest BCUT2D eigenvalue weighted by Crippen LogP contribution is -2.48. The van der Waals surface area contributed by atoms with Gasteiger partial charge in [0, 0.05) is 44.4 Å². The van der Waals surface area contributed by atoms with Crippen molar-refractivity contribution in [2.75, 3.05) is 38.7 Å². The number of aliphatic hydroxyl groups excluding tert-OH is 1. The molecule has 10 heteroatoms. The third-order valence-electron chi connectivity index (χ3n) is 7.81. The molecule has 3 rings (SSSR count). The van der Waals surface area contributed by atoms with Crippen LogP contribution >= 0.6 is 0 Å². The molecule has 44 heavy (non-hydrogen) atoms. The number of hydrogen-bond donors (Lipinski definition) is 3. The van der Waals surface area contributed by atoms with E-state index in [-0.39, 0.29) is 55.2 Å². The van der Waals surface area contributed by atoms with E-state index in [4.69, 9.17) is 9.47 Å². The van der Waals surface area contributed by atoms with Crippen LogP contribution in [0, 0.1) is 5.92 Å². The molecule has 0 saturated heterocycles. The van der Waals surface area contributed by atoms with Crippen molar-refractivity contribution in [1.29, 1.82) is 0 Å². The van der Waals surface area contributed by atoms with Crippen LogP contribution in [0.15, 0.2) is 48.5 Å². The summed E-state index contributed by atoms with van der Waals surface area (Å²) in [6.45, 7) is 10.4. The summed E-state index contributed by atoms with van der Waals surface area (Å²) in [6, 6.07) is 13.8. The molecule has 0 aliphatic carbocycles. The minimum Gasteiger partial charge on any atom is -0.490 e. The Morgan fingerprint density at radius 1 is 1.09 bits per heavy atom. The summed E-state index contributed by atoms with van der Waals surface area (Å²) in [4.78, 5) is 43.0. The molecule has 242 valence electrons. The van der Waals surface area contributed by atoms with E-state index in [0.29, 0.717) is 36.6 Å². The van der Waals surface area contributed by atoms with Crippen molar-refractivity contribution in [3.8, 4) is 5.75 Å². The zero-order valence-corrected chi connectivity index (χ0v) is 27.0. The van der Waals surface area contributed by atoms with Crippen molar-refractivity contribution < 1.29 is 29.0 Å². The van der Waals surface area contributed by atoms with Crippen molar-refractivity contribution in [3.63, 3.8) is 0 Å². The molecule has 0 unspecified atom stereocenters. The summed E-state index contributed by atoms with van der Waals surface area (Å²) in [5.41, 5.74) is 1.71. The summed E-state index contributed by atoms with van der Waals surface area (Å²) >= 11 is 0. The summed E-state index contributed by atoms with van der Waals surface area (Å²) in [5, 5.41) is 15.7. The summed E-state index contributed by atoms with van der Waals surface area (Å²) in [6.07, 6.45) is 2.27. The van der Waals surface area contributed by atoms with E-state index in [9.17, 15) is 19.5 Å². The van der Waals surface area contributed by atoms with Crippen LogP contribution < -0.4 is 15.4 Å². The molecule has 0 aromatic heterocycles. The van der Waals surface area contributed by atoms with Gasteiger partial charge in [0.1, 0.15) is 5.75 Å². The molecule has 3 N–H and O–H groups in total. The molecule has 2 aromatic rings. The highest BCUT2D eigenvalue weighted by molar-refractivity contribution is 5.99. The quantitative estimate of drug-likeness (QED) is 0.398. The third-order valence-corrected chi connectivity index (χ3v) is 7.81. The molecule has 4 atom stereocenters. The van der Waals surface area contributed by atoms with Crippen molar-refractivity contribution in [3.05, 3.63) is 59.7 Å². The molecule has 1 heterocycles. The number of urea groups is 1. The number of benzene rings is 2. The van der Waals surface area contributed by atoms with Crippen LogP contribution in [0.4, 0.5) is 10.5 Å². The number of nitrogens with one attached hydrogen (secondary N) is 2. The minimum absolute atomic E-state index is 0.00973. The van der Waals surface area contributed by atoms with Crippen molar-refractivity contribution in [2.45, 2.75) is 84.6 Å². The van der Waals surface area contributed by atoms with Crippen molar-refractivity contribution >= 4 is 23.5 Å². The first-order chi connectivity index (χ1) is 21.0. The summed E-state index contributed by atoms with van der Waals surface area (Å²) in [7, 11) is 1.78. The van der Waals surface area contributed by atoms with Gasteiger partial charge in [-0.2, -0.15) is 0 Å². The summed E-state index contributed by atoms with van der Waals surface area (Å²) < 4.78 is 12.6. The fourth-order valence-electron chi connectivity index (χ4n) is 5.17. The Balaban J connectivity index is 1.89. The molecule has 10 nitrogen and oxygen atoms in total. The van der Waals surface area contributed by atoms with E-state index in [1.807, 2.05) is 58.0 Å². The number of nitrogens with zero attached hydrogens (tertiary/aromatic N) is 2. The standard InChI is InChI=1S/C34H50N4O6/c1-23(2)35-34(42)36-28-15-16-30-29(19-28)33(41)38(25(4)22-39)20-24(3)31(43-17-11-10-12-26(5)44-30)21-37(6)32(40)18-27-13-8-7-9-14-27/h7-9,13-16,19,23-26,31,39H,10-12,17-18,20-22H2,1-6H3,(H2,35,36,42)/t24-,25+,26+,31+/m1/s1. The van der Waals surface area contributed by atoms with Gasteiger partial charge in [-0.3, -0.25) is 9.59 Å². The van der Waals surface area contributed by atoms with Gasteiger partial charge in [0.05, 0.1) is 36.8 Å². The Morgan fingerprint density at radius 2 is 1.82 bits per heavy atom. The molecule has 1 aliphatic rings. The lowest BCUT2D eigenvalue weighted by Gasteiger charge is -2.36. The smallest absolute Gasteiger partial charge is 0.319 e. The Bertz CT molecular complexity index is 1220. The van der Waals surface area contributed by atoms with Crippen LogP contribution in [0.3, 0.4) is 0 Å². The van der Waals surface area contributed by atoms with Crippen LogP contribution in [-0.4, -0.2) is 90.4 Å². The van der Waals surface area contributed by atoms with Gasteiger partial charge in [-0.1, -0.05) is 37.3 Å². The second-order valence-corrected chi connectivity index (χ2v) is 12.2. The van der Waals surface area contributed by atoms with E-state index in [2.05, 4.69) is 10.6 Å². The van der Waals surface area contributed by atoms with Gasteiger partial charge in [0.15, 0.2) is 0 Å². The average Bonchev–Trinajstić information content (AvgIpc) is 2.98. The maximum atomic E-state index is 14.2. The average molecular weight is 611 g/mol. The van der Waals surface area contributed by atoms with Crippen LogP contribution in [0.1, 0.15) is 69.8 Å². The number of anilines is 1. The van der Waals surface area contributed by atoms with E-state index in [1.54, 1.807) is 42.0 Å². The van der Waals surface area contributed by atoms with Crippen LogP contribution in [0.5, 0.6) is 5.75 Å². The molecule has 0 fully saturated rings. The molecule has 0 spiro atoms. The first-order valence-corrected chi connectivity index (χ1v) is 15.7. The predicted molar refractivity (Wildman–Crippen MR) is 172 cm³/mol. The molecule has 1 aliphatic heterocycles. The number of aliphatic hydroxyl groups is 1. The number of carbonyl (C=O) groups excluding carboxylic acids is 3. The van der Waals surface area contributed by atoms with Crippen molar-refractivity contribution in [2.24, 2.45) is 5.92 Å². The number of rotatable bonds is 8. The predicted octanol–water partition coefficient (Wildman–Crippen LogP) is 4.71. The second kappa shape index (κ2) is 17.0. The number of amides is 4. The van der Waals surface area contributed by atoms with Gasteiger partial charge in [0.25, 0.3) is 5.91 Å². The number of hydrogen-bond acceptors (Lipinski definition) is 6. The van der Waals surface area contributed by atoms with Crippen LogP contribution in [0.25, 0.3) is 0 Å². The highest BCUT2D eigenvalue weighted by atomic mass is 16.5. The van der Waals surface area contributed by atoms with Crippen LogP contribution in [0.2, 0.25) is 0 Å². The van der Waals surface area contributed by atoms with E-state index < -0.39 is 6.04 Å². The zero-order valence-electron chi connectivity index (χ0n) is 27.0. The van der Waals surface area contributed by atoms with Crippen LogP contribution in [-0.2, 0) is 16.0 Å². The minimum atomic E-state index is -0.498. The second-order valence-electron chi connectivity index (χ2n) is 12.2. The van der Waals surface area contributed by atoms with Gasteiger partial charge in [-0.25, -0.2) is 4.79 Å². The molecular formula is C34H50N4O6. The van der Waals surface area contributed by atoms with E-state index >= 15 is 0 Å². The van der Waals surface area contributed by atoms with Gasteiger partial charge in [-0.15, -0.1) is 0 Å². The highest BCUT2D eigenvalue weighted by Crippen LogP contribution is 2.28. The normalized spacial score (nSPS) is 20.6. The van der Waals surface area contributed by atoms with E-state index in [0.717, 1.165) is 24.8 Å². The van der Waals surface area contributed by atoms with Crippen molar-refractivity contribution in [1.82, 2.24) is 15.1 Å². The number of carbonyl (C=O) groups is 3. The lowest BCUT2D eigenvalue weighted by atomic mass is 10.0. The Hall–Kier alpha value is -3.63. The molecule has 0 bridgehead atoms. The molecule has 2 aromatic carbocycles. The lowest BCUT2D eigenvalue weighted by molar-refractivity contribution is -0.131. The first kappa shape index (κ1) is 34.9. The third kappa shape index (κ3) is 10.5. The Labute approximate surface area is 262 Å². The maximum absolute atomic E-state index is 14.2. The molecule has 0 saturated carbocycles. The van der Waals surface area contributed by atoms with Gasteiger partial charge in [-0.05, 0) is 70.7 Å². The topological polar surface area (TPSA) is 120 Å². The largest absolute Gasteiger partial charge is 0.490 e. The fraction of sp³-hybridized carbons (Fsp3) is 0.559. The first-order valence-electron chi connectivity index (χ1n) is 15.7. The fourth-order valence-corrected chi connectivity index (χ4v) is 5.17. The Kier molecular flexibility index (Phi) is 13.5.